The number of halogens is 4. The van der Waals surface area contributed by atoms with Crippen LogP contribution in [0.15, 0.2) is 36.0 Å². The maximum Gasteiger partial charge on any atom is 0.418 e. The summed E-state index contributed by atoms with van der Waals surface area (Å²) < 4.78 is 37.7. The fraction of sp³-hybridized carbons (Fsp3) is 0.538. The number of allylic oxidation sites excluding steroid dienone is 3. The monoisotopic (exact) mass is 297 g/mol. The topological polar surface area (TPSA) is 23.5 Å². The average molecular weight is 298 g/mol. The molecule has 1 N–H and O–H groups in total. The molecule has 0 bridgehead atoms. The number of hydrogen-bond donors (Lipinski definition) is 1. The minimum absolute atomic E-state index is 0.205. The van der Waals surface area contributed by atoms with E-state index >= 15 is 0 Å². The van der Waals surface area contributed by atoms with Gasteiger partial charge in [0.2, 0.25) is 0 Å². The van der Waals surface area contributed by atoms with Crippen molar-refractivity contribution >= 4 is 11.6 Å². The van der Waals surface area contributed by atoms with Crippen LogP contribution < -0.4 is 0 Å². The normalized spacial score (nSPS) is 16.5. The number of alkyl halides is 3. The number of aliphatic hydroxyl groups is 1. The molecule has 0 spiro atoms. The van der Waals surface area contributed by atoms with Gasteiger partial charge in [-0.05, 0) is 20.0 Å². The molecule has 0 aliphatic heterocycles. The van der Waals surface area contributed by atoms with Crippen molar-refractivity contribution in [2.45, 2.75) is 32.0 Å². The molecule has 110 valence electrons. The maximum absolute atomic E-state index is 12.6. The van der Waals surface area contributed by atoms with Crippen molar-refractivity contribution in [3.8, 4) is 0 Å². The maximum atomic E-state index is 12.6. The highest BCUT2D eigenvalue weighted by Gasteiger charge is 2.50. The Labute approximate surface area is 116 Å². The highest BCUT2D eigenvalue weighted by molar-refractivity contribution is 6.29. The Hall–Kier alpha value is -0.940. The molecular weight excluding hydrogens is 279 g/mol. The molecule has 0 saturated heterocycles. The fourth-order valence-corrected chi connectivity index (χ4v) is 1.35. The molecule has 19 heavy (non-hydrogen) atoms. The van der Waals surface area contributed by atoms with Crippen molar-refractivity contribution < 1.29 is 18.3 Å². The van der Waals surface area contributed by atoms with Crippen LogP contribution in [0.5, 0.6) is 0 Å². The first-order valence-electron chi connectivity index (χ1n) is 5.75. The van der Waals surface area contributed by atoms with Gasteiger partial charge in [-0.3, -0.25) is 0 Å². The number of rotatable bonds is 7. The van der Waals surface area contributed by atoms with Crippen LogP contribution in [0.3, 0.4) is 0 Å². The number of nitrogens with zero attached hydrogens (tertiary/aromatic N) is 1. The van der Waals surface area contributed by atoms with Crippen LogP contribution in [0.25, 0.3) is 0 Å². The van der Waals surface area contributed by atoms with Crippen LogP contribution in [0.4, 0.5) is 13.2 Å². The molecule has 0 aliphatic carbocycles. The van der Waals surface area contributed by atoms with Gasteiger partial charge < -0.3 is 10.0 Å². The van der Waals surface area contributed by atoms with Crippen molar-refractivity contribution in [2.75, 3.05) is 13.1 Å². The lowest BCUT2D eigenvalue weighted by atomic mass is 10.1. The Morgan fingerprint density at radius 3 is 2.42 bits per heavy atom. The lowest BCUT2D eigenvalue weighted by Crippen LogP contribution is -2.50. The second kappa shape index (κ2) is 7.60. The Balaban J connectivity index is 4.71. The summed E-state index contributed by atoms with van der Waals surface area (Å²) >= 11 is 5.77. The van der Waals surface area contributed by atoms with Crippen molar-refractivity contribution in [2.24, 2.45) is 0 Å². The standard InChI is InChI=1S/C13H19ClF3NO/c1-4-8-18(9-6-7-11(14)5-2)10-12(3,19)13(15,16)17/h4-6,9,19H,1,7-8,10H2,2-3H3/b9-6-,11-5+. The first-order chi connectivity index (χ1) is 8.64. The summed E-state index contributed by atoms with van der Waals surface area (Å²) in [6.07, 6.45) is 2.04. The summed E-state index contributed by atoms with van der Waals surface area (Å²) in [5.41, 5.74) is -2.77. The van der Waals surface area contributed by atoms with Gasteiger partial charge in [0.1, 0.15) is 0 Å². The van der Waals surface area contributed by atoms with Crippen LogP contribution in [0, 0.1) is 0 Å². The molecule has 0 aromatic heterocycles. The molecule has 2 nitrogen and oxygen atoms in total. The van der Waals surface area contributed by atoms with Crippen LogP contribution in [-0.2, 0) is 0 Å². The van der Waals surface area contributed by atoms with E-state index in [2.05, 4.69) is 6.58 Å². The Bertz CT molecular complexity index is 348. The second-order valence-electron chi connectivity index (χ2n) is 4.31. The van der Waals surface area contributed by atoms with Gasteiger partial charge >= 0.3 is 6.18 Å². The van der Waals surface area contributed by atoms with Gasteiger partial charge in [-0.2, -0.15) is 13.2 Å². The fourth-order valence-electron chi connectivity index (χ4n) is 1.26. The molecule has 0 saturated carbocycles. The number of hydrogen-bond acceptors (Lipinski definition) is 2. The van der Waals surface area contributed by atoms with Gasteiger partial charge in [-0.15, -0.1) is 6.58 Å². The van der Waals surface area contributed by atoms with E-state index < -0.39 is 18.3 Å². The Morgan fingerprint density at radius 2 is 2.00 bits per heavy atom. The highest BCUT2D eigenvalue weighted by atomic mass is 35.5. The van der Waals surface area contributed by atoms with E-state index in [1.54, 1.807) is 19.1 Å². The molecule has 0 rings (SSSR count). The predicted molar refractivity (Wildman–Crippen MR) is 71.8 cm³/mol. The molecule has 0 aromatic carbocycles. The van der Waals surface area contributed by atoms with Crippen molar-refractivity contribution in [3.05, 3.63) is 36.0 Å². The molecule has 0 aromatic rings. The average Bonchev–Trinajstić information content (AvgIpc) is 2.27. The predicted octanol–water partition coefficient (Wildman–Crippen LogP) is 3.83. The summed E-state index contributed by atoms with van der Waals surface area (Å²) in [4.78, 5) is 1.33. The Kier molecular flexibility index (Phi) is 7.23. The summed E-state index contributed by atoms with van der Waals surface area (Å²) in [6, 6.07) is 0. The Morgan fingerprint density at radius 1 is 1.42 bits per heavy atom. The van der Waals surface area contributed by atoms with E-state index in [0.717, 1.165) is 6.92 Å². The van der Waals surface area contributed by atoms with Crippen LogP contribution in [-0.4, -0.2) is 34.9 Å². The van der Waals surface area contributed by atoms with Crippen LogP contribution in [0.2, 0.25) is 0 Å². The van der Waals surface area contributed by atoms with Gasteiger partial charge in [-0.25, -0.2) is 0 Å². The first kappa shape index (κ1) is 18.1. The largest absolute Gasteiger partial charge is 0.418 e. The zero-order valence-electron chi connectivity index (χ0n) is 11.0. The van der Waals surface area contributed by atoms with Gasteiger partial charge in [0.25, 0.3) is 0 Å². The van der Waals surface area contributed by atoms with E-state index in [4.69, 9.17) is 11.6 Å². The van der Waals surface area contributed by atoms with Crippen LogP contribution in [0.1, 0.15) is 20.3 Å². The summed E-state index contributed by atoms with van der Waals surface area (Å²) in [5.74, 6) is 0. The molecule has 0 amide bonds. The molecule has 0 fully saturated rings. The van der Waals surface area contributed by atoms with Gasteiger partial charge in [-0.1, -0.05) is 29.8 Å². The summed E-state index contributed by atoms with van der Waals surface area (Å²) in [6.45, 7) is 5.63. The van der Waals surface area contributed by atoms with E-state index in [1.165, 1.54) is 17.2 Å². The van der Waals surface area contributed by atoms with Gasteiger partial charge in [0, 0.05) is 18.0 Å². The van der Waals surface area contributed by atoms with E-state index in [1.807, 2.05) is 0 Å². The molecule has 0 heterocycles. The van der Waals surface area contributed by atoms with Crippen molar-refractivity contribution in [3.63, 3.8) is 0 Å². The molecule has 6 heteroatoms. The van der Waals surface area contributed by atoms with E-state index in [0.29, 0.717) is 11.5 Å². The highest BCUT2D eigenvalue weighted by Crippen LogP contribution is 2.30. The van der Waals surface area contributed by atoms with Crippen LogP contribution >= 0.6 is 11.6 Å². The molecule has 0 aliphatic rings. The third kappa shape index (κ3) is 6.68. The lowest BCUT2D eigenvalue weighted by molar-refractivity contribution is -0.255. The third-order valence-electron chi connectivity index (χ3n) is 2.43. The molecule has 1 atom stereocenters. The van der Waals surface area contributed by atoms with Crippen molar-refractivity contribution in [1.82, 2.24) is 4.90 Å². The zero-order chi connectivity index (χ0) is 15.1. The SMILES string of the molecule is C=CCN(/C=C\C/C(Cl)=C\C)CC(C)(O)C(F)(F)F. The third-order valence-corrected chi connectivity index (χ3v) is 2.80. The second-order valence-corrected chi connectivity index (χ2v) is 4.80. The van der Waals surface area contributed by atoms with Gasteiger partial charge in [0.15, 0.2) is 5.60 Å². The molecular formula is C13H19ClF3NO. The molecule has 1 unspecified atom stereocenters. The van der Waals surface area contributed by atoms with Crippen molar-refractivity contribution in [1.29, 1.82) is 0 Å². The van der Waals surface area contributed by atoms with Gasteiger partial charge in [0.05, 0.1) is 6.54 Å². The summed E-state index contributed by atoms with van der Waals surface area (Å²) in [5, 5.41) is 10.0. The minimum atomic E-state index is -4.68. The minimum Gasteiger partial charge on any atom is -0.379 e. The zero-order valence-corrected chi connectivity index (χ0v) is 11.8. The first-order valence-corrected chi connectivity index (χ1v) is 6.13. The molecule has 0 radical (unpaired) electrons. The van der Waals surface area contributed by atoms with E-state index in [9.17, 15) is 18.3 Å². The quantitative estimate of drug-likeness (QED) is 0.722. The smallest absolute Gasteiger partial charge is 0.379 e. The summed E-state index contributed by atoms with van der Waals surface area (Å²) in [7, 11) is 0. The van der Waals surface area contributed by atoms with E-state index in [-0.39, 0.29) is 6.54 Å². The lowest BCUT2D eigenvalue weighted by Gasteiger charge is -2.31.